The highest BCUT2D eigenvalue weighted by molar-refractivity contribution is 8.03. The Morgan fingerprint density at radius 2 is 1.58 bits per heavy atom. The molecule has 0 fully saturated rings. The summed E-state index contributed by atoms with van der Waals surface area (Å²) in [6.07, 6.45) is 4.60. The molecule has 6 heteroatoms. The number of thioether (sulfide) groups is 1. The van der Waals surface area contributed by atoms with Crippen LogP contribution < -0.4 is 26.8 Å². The van der Waals surface area contributed by atoms with Crippen molar-refractivity contribution >= 4 is 40.2 Å². The van der Waals surface area contributed by atoms with Crippen molar-refractivity contribution < 1.29 is 17.0 Å². The molecule has 38 heavy (non-hydrogen) atoms. The molecular weight excluding hydrogens is 508 g/mol. The van der Waals surface area contributed by atoms with E-state index in [9.17, 15) is 0 Å². The number of rotatable bonds is 9. The lowest BCUT2D eigenvalue weighted by Crippen LogP contribution is -3.00. The SMILES string of the molecule is CCCN(CCCN(C)C)c1cc(/C=C2/Sc3ccccc3N2C)c2ccccc2[n+]1-c1ccccc1.[Cl-]. The van der Waals surface area contributed by atoms with Crippen LogP contribution in [0, 0.1) is 0 Å². The Hall–Kier alpha value is -2.99. The van der Waals surface area contributed by atoms with Gasteiger partial charge in [-0.1, -0.05) is 67.2 Å². The van der Waals surface area contributed by atoms with Crippen LogP contribution >= 0.6 is 11.8 Å². The normalized spacial score (nSPS) is 13.7. The van der Waals surface area contributed by atoms with E-state index in [4.69, 9.17) is 0 Å². The van der Waals surface area contributed by atoms with Gasteiger partial charge in [-0.25, -0.2) is 0 Å². The van der Waals surface area contributed by atoms with E-state index in [1.165, 1.54) is 43.6 Å². The lowest BCUT2D eigenvalue weighted by Gasteiger charge is -2.22. The molecule has 0 saturated carbocycles. The van der Waals surface area contributed by atoms with Crippen LogP contribution in [0.5, 0.6) is 0 Å². The van der Waals surface area contributed by atoms with Gasteiger partial charge < -0.3 is 22.2 Å². The number of aromatic nitrogens is 1. The van der Waals surface area contributed by atoms with Crippen molar-refractivity contribution in [2.75, 3.05) is 50.6 Å². The Bertz CT molecular complexity index is 1400. The summed E-state index contributed by atoms with van der Waals surface area (Å²) in [4.78, 5) is 8.47. The molecule has 0 spiro atoms. The van der Waals surface area contributed by atoms with E-state index in [1.807, 2.05) is 11.8 Å². The number of hydrogen-bond donors (Lipinski definition) is 0. The van der Waals surface area contributed by atoms with Gasteiger partial charge in [0.25, 0.3) is 5.82 Å². The Kier molecular flexibility index (Phi) is 9.37. The van der Waals surface area contributed by atoms with Crippen LogP contribution in [0.15, 0.2) is 94.9 Å². The molecule has 0 saturated heterocycles. The summed E-state index contributed by atoms with van der Waals surface area (Å²) in [5, 5.41) is 2.52. The third-order valence-electron chi connectivity index (χ3n) is 6.89. The first-order valence-electron chi connectivity index (χ1n) is 13.2. The first-order valence-corrected chi connectivity index (χ1v) is 14.0. The lowest BCUT2D eigenvalue weighted by atomic mass is 10.1. The van der Waals surface area contributed by atoms with E-state index in [-0.39, 0.29) is 12.4 Å². The van der Waals surface area contributed by atoms with E-state index in [1.54, 1.807) is 0 Å². The molecule has 0 aliphatic carbocycles. The monoisotopic (exact) mass is 544 g/mol. The van der Waals surface area contributed by atoms with Crippen LogP contribution in [0.2, 0.25) is 0 Å². The Morgan fingerprint density at radius 1 is 0.868 bits per heavy atom. The second-order valence-electron chi connectivity index (χ2n) is 9.90. The second kappa shape index (κ2) is 12.7. The number of halogens is 1. The molecule has 0 atom stereocenters. The summed E-state index contributed by atoms with van der Waals surface area (Å²) in [5.41, 5.74) is 4.96. The van der Waals surface area contributed by atoms with Gasteiger partial charge in [-0.05, 0) is 68.9 Å². The van der Waals surface area contributed by atoms with Crippen molar-refractivity contribution in [3.8, 4) is 5.69 Å². The highest BCUT2D eigenvalue weighted by atomic mass is 35.5. The molecule has 4 aromatic rings. The molecule has 0 unspecified atom stereocenters. The molecule has 5 rings (SSSR count). The predicted molar refractivity (Wildman–Crippen MR) is 160 cm³/mol. The smallest absolute Gasteiger partial charge is 0.282 e. The number of pyridine rings is 1. The minimum absolute atomic E-state index is 0. The molecule has 1 aliphatic heterocycles. The fourth-order valence-corrected chi connectivity index (χ4v) is 6.19. The Labute approximate surface area is 238 Å². The maximum absolute atomic E-state index is 2.57. The highest BCUT2D eigenvalue weighted by Gasteiger charge is 2.26. The van der Waals surface area contributed by atoms with Crippen molar-refractivity contribution in [1.82, 2.24) is 4.90 Å². The minimum atomic E-state index is 0. The topological polar surface area (TPSA) is 13.6 Å². The highest BCUT2D eigenvalue weighted by Crippen LogP contribution is 2.45. The maximum Gasteiger partial charge on any atom is 0.282 e. The summed E-state index contributed by atoms with van der Waals surface area (Å²) >= 11 is 1.85. The van der Waals surface area contributed by atoms with E-state index in [0.29, 0.717) is 0 Å². The average Bonchev–Trinajstić information content (AvgIpc) is 3.23. The van der Waals surface area contributed by atoms with E-state index >= 15 is 0 Å². The summed E-state index contributed by atoms with van der Waals surface area (Å²) in [6, 6.07) is 30.7. The van der Waals surface area contributed by atoms with Crippen LogP contribution in [0.25, 0.3) is 22.7 Å². The largest absolute Gasteiger partial charge is 1.00 e. The number of anilines is 2. The van der Waals surface area contributed by atoms with Crippen LogP contribution in [-0.4, -0.2) is 45.7 Å². The van der Waals surface area contributed by atoms with Gasteiger partial charge in [0.1, 0.15) is 11.2 Å². The number of nitrogens with zero attached hydrogens (tertiary/aromatic N) is 4. The van der Waals surface area contributed by atoms with E-state index in [0.717, 1.165) is 32.5 Å². The number of hydrogen-bond acceptors (Lipinski definition) is 4. The first kappa shape index (κ1) is 28.0. The molecule has 0 N–H and O–H groups in total. The lowest BCUT2D eigenvalue weighted by molar-refractivity contribution is -0.553. The molecular formula is C32H37ClN4S. The van der Waals surface area contributed by atoms with Crippen molar-refractivity contribution in [3.63, 3.8) is 0 Å². The standard InChI is InChI=1S/C32H37N4S.ClH/c1-5-20-35(22-13-21-33(2)3)31-23-25(24-32-34(4)29-18-11-12-19-30(29)37-32)27-16-9-10-17-28(27)36(31)26-14-7-6-8-15-26;/h6-12,14-19,23-24H,5,13,20-22H2,1-4H3;1H/q+1;/p-1. The van der Waals surface area contributed by atoms with Gasteiger partial charge >= 0.3 is 0 Å². The molecule has 2 heterocycles. The van der Waals surface area contributed by atoms with E-state index < -0.39 is 0 Å². The van der Waals surface area contributed by atoms with Gasteiger partial charge in [-0.3, -0.25) is 4.90 Å². The third kappa shape index (κ3) is 5.85. The van der Waals surface area contributed by atoms with Crippen molar-refractivity contribution in [1.29, 1.82) is 0 Å². The number of fused-ring (bicyclic) bond motifs is 2. The van der Waals surface area contributed by atoms with Gasteiger partial charge in [0, 0.05) is 29.9 Å². The van der Waals surface area contributed by atoms with Crippen molar-refractivity contribution in [3.05, 3.63) is 95.5 Å². The predicted octanol–water partition coefficient (Wildman–Crippen LogP) is 3.83. The average molecular weight is 545 g/mol. The zero-order valence-electron chi connectivity index (χ0n) is 22.8. The van der Waals surface area contributed by atoms with Gasteiger partial charge in [-0.2, -0.15) is 4.57 Å². The van der Waals surface area contributed by atoms with Crippen LogP contribution in [0.1, 0.15) is 25.3 Å². The number of para-hydroxylation sites is 3. The molecule has 198 valence electrons. The molecule has 0 bridgehead atoms. The van der Waals surface area contributed by atoms with Gasteiger partial charge in [0.2, 0.25) is 0 Å². The van der Waals surface area contributed by atoms with Gasteiger partial charge in [-0.15, -0.1) is 0 Å². The molecule has 1 aliphatic rings. The molecule has 0 amide bonds. The summed E-state index contributed by atoms with van der Waals surface area (Å²) < 4.78 is 2.45. The molecule has 1 aromatic heterocycles. The van der Waals surface area contributed by atoms with Gasteiger partial charge in [0.15, 0.2) is 0 Å². The van der Waals surface area contributed by atoms with Crippen molar-refractivity contribution in [2.24, 2.45) is 0 Å². The quantitative estimate of drug-likeness (QED) is 0.297. The van der Waals surface area contributed by atoms with Gasteiger partial charge in [0.05, 0.1) is 23.8 Å². The zero-order chi connectivity index (χ0) is 25.8. The maximum atomic E-state index is 2.57. The zero-order valence-corrected chi connectivity index (χ0v) is 24.3. The summed E-state index contributed by atoms with van der Waals surface area (Å²) in [6.45, 7) is 5.40. The second-order valence-corrected chi connectivity index (χ2v) is 11.0. The summed E-state index contributed by atoms with van der Waals surface area (Å²) in [7, 11) is 6.48. The molecule has 4 nitrogen and oxygen atoms in total. The van der Waals surface area contributed by atoms with Crippen LogP contribution in [0.3, 0.4) is 0 Å². The summed E-state index contributed by atoms with van der Waals surface area (Å²) in [5.74, 6) is 1.25. The molecule has 0 radical (unpaired) electrons. The Morgan fingerprint density at radius 3 is 2.32 bits per heavy atom. The minimum Gasteiger partial charge on any atom is -1.00 e. The van der Waals surface area contributed by atoms with Crippen molar-refractivity contribution in [2.45, 2.75) is 24.7 Å². The third-order valence-corrected chi connectivity index (χ3v) is 8.05. The number of benzene rings is 3. The van der Waals surface area contributed by atoms with Crippen LogP contribution in [-0.2, 0) is 0 Å². The molecule has 3 aromatic carbocycles. The first-order chi connectivity index (χ1) is 18.1. The van der Waals surface area contributed by atoms with E-state index in [2.05, 4.69) is 138 Å². The Balaban J connectivity index is 0.00000336. The fourth-order valence-electron chi connectivity index (χ4n) is 5.09. The fraction of sp³-hybridized carbons (Fsp3) is 0.281. The van der Waals surface area contributed by atoms with Crippen LogP contribution in [0.4, 0.5) is 11.5 Å².